The first-order valence-corrected chi connectivity index (χ1v) is 20.0. The minimum atomic E-state index is -0.337. The molecule has 4 aromatic heterocycles. The molecule has 0 unspecified atom stereocenters. The van der Waals surface area contributed by atoms with Gasteiger partial charge in [-0.05, 0) is 80.0 Å². The summed E-state index contributed by atoms with van der Waals surface area (Å²) in [6.45, 7) is 15.6. The predicted molar refractivity (Wildman–Crippen MR) is 220 cm³/mol. The number of nitrogens with one attached hydrogen (secondary N) is 2. The van der Waals surface area contributed by atoms with Gasteiger partial charge in [0.1, 0.15) is 11.5 Å². The maximum absolute atomic E-state index is 14.0. The minimum absolute atomic E-state index is 0.119. The summed E-state index contributed by atoms with van der Waals surface area (Å²) in [5.41, 5.74) is 8.01. The summed E-state index contributed by atoms with van der Waals surface area (Å²) in [6.07, 6.45) is 12.4. The maximum atomic E-state index is 14.0. The monoisotopic (exact) mass is 770 g/mol. The van der Waals surface area contributed by atoms with Gasteiger partial charge in [0.05, 0.1) is 23.7 Å². The van der Waals surface area contributed by atoms with Gasteiger partial charge in [0.25, 0.3) is 5.91 Å². The second-order valence-electron chi connectivity index (χ2n) is 16.5. The van der Waals surface area contributed by atoms with E-state index in [1.165, 1.54) is 17.3 Å². The van der Waals surface area contributed by atoms with E-state index in [-0.39, 0.29) is 29.9 Å². The van der Waals surface area contributed by atoms with Gasteiger partial charge in [0.15, 0.2) is 11.5 Å². The van der Waals surface area contributed by atoms with E-state index in [4.69, 9.17) is 9.72 Å². The van der Waals surface area contributed by atoms with Gasteiger partial charge in [0.2, 0.25) is 5.91 Å². The van der Waals surface area contributed by atoms with Crippen molar-refractivity contribution in [3.05, 3.63) is 90.3 Å². The van der Waals surface area contributed by atoms with Crippen molar-refractivity contribution in [2.45, 2.75) is 71.7 Å². The zero-order chi connectivity index (χ0) is 39.4. The highest BCUT2D eigenvalue weighted by atomic mass is 16.5. The lowest BCUT2D eigenvalue weighted by atomic mass is 9.90. The van der Waals surface area contributed by atoms with Crippen LogP contribution in [0.15, 0.2) is 67.8 Å². The molecule has 296 valence electrons. The van der Waals surface area contributed by atoms with Crippen LogP contribution in [0.2, 0.25) is 0 Å². The Labute approximate surface area is 332 Å². The van der Waals surface area contributed by atoms with Crippen LogP contribution in [0.3, 0.4) is 0 Å². The summed E-state index contributed by atoms with van der Waals surface area (Å²) in [6, 6.07) is 10.6. The third kappa shape index (κ3) is 6.85. The third-order valence-electron chi connectivity index (χ3n) is 12.1. The standard InChI is InChI=1S/C43H50N10O4/c1-5-38(55)47-33-21-29(6-7-35(33)51-15-14-49(24-27(51)2)30-9-18-57-19-10-30)46-39-41-45-12-13-50(41)25-34(48-39)31-8-11-44-40(32(31)26-54)53-17-16-52-36(42(53)56)20-28-22-43(3,4)23-37(28)52/h5-8,11-13,20-21,25,27,30,54H,1,9-10,14-19,22-24,26H2,2-4H3,(H,46,48)(H,47,55)/t27-/m0/s1. The number of pyridine rings is 1. The lowest BCUT2D eigenvalue weighted by molar-refractivity contribution is -0.111. The number of piperazine rings is 1. The van der Waals surface area contributed by atoms with Crippen molar-refractivity contribution >= 4 is 46.2 Å². The number of rotatable bonds is 9. The molecule has 1 aliphatic carbocycles. The summed E-state index contributed by atoms with van der Waals surface area (Å²) in [5, 5.41) is 17.4. The number of benzene rings is 1. The molecule has 0 bridgehead atoms. The van der Waals surface area contributed by atoms with Gasteiger partial charge < -0.3 is 34.3 Å². The van der Waals surface area contributed by atoms with Crippen LogP contribution in [0.4, 0.5) is 28.7 Å². The van der Waals surface area contributed by atoms with Crippen molar-refractivity contribution < 1.29 is 19.4 Å². The fraction of sp³-hybridized carbons (Fsp3) is 0.419. The van der Waals surface area contributed by atoms with Crippen LogP contribution in [0.25, 0.3) is 16.9 Å². The van der Waals surface area contributed by atoms with E-state index in [1.807, 2.05) is 47.1 Å². The van der Waals surface area contributed by atoms with E-state index in [2.05, 4.69) is 62.3 Å². The SMILES string of the molecule is C=CC(=O)Nc1cc(Nc2nc(-c3ccnc(N4CCn5c(cc6c5CC(C)(C)C6)C4=O)c3CO)cn3ccnc23)ccc1N1CCN(C2CCOCC2)C[C@@H]1C. The van der Waals surface area contributed by atoms with Crippen molar-refractivity contribution in [3.8, 4) is 11.3 Å². The molecular formula is C43H50N10O4. The number of imidazole rings is 1. The maximum Gasteiger partial charge on any atom is 0.276 e. The smallest absolute Gasteiger partial charge is 0.276 e. The Morgan fingerprint density at radius 2 is 1.91 bits per heavy atom. The van der Waals surface area contributed by atoms with Gasteiger partial charge in [0, 0.05) is 105 Å². The molecule has 4 aliphatic rings. The van der Waals surface area contributed by atoms with Gasteiger partial charge in [-0.1, -0.05) is 20.4 Å². The second kappa shape index (κ2) is 14.7. The number of carbonyl (C=O) groups excluding carboxylic acids is 2. The predicted octanol–water partition coefficient (Wildman–Crippen LogP) is 5.43. The van der Waals surface area contributed by atoms with Gasteiger partial charge in [-0.3, -0.25) is 19.4 Å². The fourth-order valence-electron chi connectivity index (χ4n) is 9.38. The van der Waals surface area contributed by atoms with Crippen molar-refractivity contribution in [2.24, 2.45) is 5.41 Å². The zero-order valence-corrected chi connectivity index (χ0v) is 32.9. The number of ether oxygens (including phenoxy) is 1. The van der Waals surface area contributed by atoms with Crippen molar-refractivity contribution in [2.75, 3.05) is 59.8 Å². The molecule has 0 radical (unpaired) electrons. The summed E-state index contributed by atoms with van der Waals surface area (Å²) >= 11 is 0. The summed E-state index contributed by atoms with van der Waals surface area (Å²) in [4.78, 5) is 47.7. The molecule has 3 aliphatic heterocycles. The number of hydrogen-bond acceptors (Lipinski definition) is 10. The van der Waals surface area contributed by atoms with Crippen molar-refractivity contribution in [1.82, 2.24) is 28.8 Å². The third-order valence-corrected chi connectivity index (χ3v) is 12.1. The topological polar surface area (TPSA) is 145 Å². The molecule has 0 spiro atoms. The van der Waals surface area contributed by atoms with Crippen molar-refractivity contribution in [1.29, 1.82) is 0 Å². The molecule has 3 N–H and O–H groups in total. The average Bonchev–Trinajstić information content (AvgIpc) is 3.91. The van der Waals surface area contributed by atoms with Gasteiger partial charge >= 0.3 is 0 Å². The second-order valence-corrected chi connectivity index (χ2v) is 16.5. The van der Waals surface area contributed by atoms with Gasteiger partial charge in [-0.2, -0.15) is 0 Å². The molecule has 14 heteroatoms. The fourth-order valence-corrected chi connectivity index (χ4v) is 9.38. The minimum Gasteiger partial charge on any atom is -0.392 e. The van der Waals surface area contributed by atoms with Gasteiger partial charge in [-0.15, -0.1) is 0 Å². The number of carbonyl (C=O) groups is 2. The summed E-state index contributed by atoms with van der Waals surface area (Å²) in [7, 11) is 0. The Balaban J connectivity index is 1.01. The van der Waals surface area contributed by atoms with E-state index in [1.54, 1.807) is 17.3 Å². The molecule has 1 atom stereocenters. The number of nitrogens with zero attached hydrogens (tertiary/aromatic N) is 8. The van der Waals surface area contributed by atoms with Gasteiger partial charge in [-0.25, -0.2) is 15.0 Å². The molecule has 2 amide bonds. The molecule has 7 heterocycles. The molecule has 0 saturated carbocycles. The molecule has 5 aromatic rings. The number of aliphatic hydroxyl groups is 1. The lowest BCUT2D eigenvalue weighted by Gasteiger charge is -2.45. The summed E-state index contributed by atoms with van der Waals surface area (Å²) < 4.78 is 9.66. The molecule has 14 nitrogen and oxygen atoms in total. The molecular weight excluding hydrogens is 721 g/mol. The molecule has 2 saturated heterocycles. The molecule has 9 rings (SSSR count). The highest BCUT2D eigenvalue weighted by molar-refractivity contribution is 6.06. The number of aromatic nitrogens is 5. The number of hydrogen-bond donors (Lipinski definition) is 3. The normalized spacial score (nSPS) is 19.8. The lowest BCUT2D eigenvalue weighted by Crippen LogP contribution is -2.56. The van der Waals surface area contributed by atoms with Crippen molar-refractivity contribution in [3.63, 3.8) is 0 Å². The quantitative estimate of drug-likeness (QED) is 0.166. The van der Waals surface area contributed by atoms with E-state index in [0.29, 0.717) is 70.3 Å². The first-order valence-electron chi connectivity index (χ1n) is 20.0. The number of anilines is 5. The van der Waals surface area contributed by atoms with E-state index in [9.17, 15) is 14.7 Å². The number of aliphatic hydroxyl groups excluding tert-OH is 1. The zero-order valence-electron chi connectivity index (χ0n) is 32.9. The Hall–Kier alpha value is -5.57. The van der Waals surface area contributed by atoms with E-state index < -0.39 is 0 Å². The highest BCUT2D eigenvalue weighted by Crippen LogP contribution is 2.41. The van der Waals surface area contributed by atoms with Crippen LogP contribution >= 0.6 is 0 Å². The average molecular weight is 771 g/mol. The Bertz CT molecular complexity index is 2380. The molecule has 2 fully saturated rings. The van der Waals surface area contributed by atoms with E-state index >= 15 is 0 Å². The van der Waals surface area contributed by atoms with Crippen LogP contribution < -0.4 is 20.4 Å². The van der Waals surface area contributed by atoms with E-state index in [0.717, 1.165) is 64.2 Å². The van der Waals surface area contributed by atoms with Crippen LogP contribution in [-0.4, -0.2) is 97.2 Å². The van der Waals surface area contributed by atoms with Crippen LogP contribution in [0.1, 0.15) is 60.9 Å². The summed E-state index contributed by atoms with van der Waals surface area (Å²) in [5.74, 6) is 0.495. The Morgan fingerprint density at radius 1 is 1.07 bits per heavy atom. The largest absolute Gasteiger partial charge is 0.392 e. The Morgan fingerprint density at radius 3 is 2.70 bits per heavy atom. The van der Waals surface area contributed by atoms with Crippen LogP contribution in [-0.2, 0) is 35.5 Å². The molecule has 57 heavy (non-hydrogen) atoms. The van der Waals surface area contributed by atoms with Crippen LogP contribution in [0.5, 0.6) is 0 Å². The Kier molecular flexibility index (Phi) is 9.58. The highest BCUT2D eigenvalue weighted by Gasteiger charge is 2.38. The first kappa shape index (κ1) is 37.0. The number of amides is 2. The van der Waals surface area contributed by atoms with Crippen LogP contribution in [0, 0.1) is 5.41 Å². The molecule has 1 aromatic carbocycles. The number of fused-ring (bicyclic) bond motifs is 4. The first-order chi connectivity index (χ1) is 27.6.